The van der Waals surface area contributed by atoms with Gasteiger partial charge in [0.1, 0.15) is 0 Å². The van der Waals surface area contributed by atoms with Crippen LogP contribution in [0.25, 0.3) is 0 Å². The summed E-state index contributed by atoms with van der Waals surface area (Å²) < 4.78 is -0.0135. The molecule has 0 N–H and O–H groups in total. The molecule has 0 heterocycles. The Bertz CT molecular complexity index is 358. The van der Waals surface area contributed by atoms with Crippen molar-refractivity contribution in [2.24, 2.45) is 0 Å². The van der Waals surface area contributed by atoms with Gasteiger partial charge in [0.25, 0.3) is 0 Å². The van der Waals surface area contributed by atoms with Crippen LogP contribution in [0.4, 0.5) is 0 Å². The van der Waals surface area contributed by atoms with Gasteiger partial charge in [-0.15, -0.1) is 0 Å². The summed E-state index contributed by atoms with van der Waals surface area (Å²) in [6.07, 6.45) is 6.14. The summed E-state index contributed by atoms with van der Waals surface area (Å²) >= 11 is 3.02. The molecule has 1 aromatic carbocycles. The van der Waals surface area contributed by atoms with Crippen molar-refractivity contribution in [2.45, 2.75) is 46.0 Å². The molecule has 0 unspecified atom stereocenters. The topological polar surface area (TPSA) is 17.1 Å². The Morgan fingerprint density at radius 2 is 2.00 bits per heavy atom. The van der Waals surface area contributed by atoms with E-state index in [2.05, 4.69) is 28.9 Å². The molecule has 0 aliphatic heterocycles. The van der Waals surface area contributed by atoms with E-state index in [0.29, 0.717) is 0 Å². The second-order valence-corrected chi connectivity index (χ2v) is 4.89. The van der Waals surface area contributed by atoms with Crippen molar-refractivity contribution in [1.82, 2.24) is 0 Å². The molecule has 1 rings (SSSR count). The molecule has 0 fully saturated rings. The molecule has 0 aromatic heterocycles. The summed E-state index contributed by atoms with van der Waals surface area (Å²) in [5.74, 6) is 0. The molecule has 0 atom stereocenters. The third-order valence-corrected chi connectivity index (χ3v) is 3.38. The van der Waals surface area contributed by atoms with Gasteiger partial charge < -0.3 is 0 Å². The van der Waals surface area contributed by atoms with Crippen LogP contribution < -0.4 is 0 Å². The molecule has 88 valence electrons. The first-order chi connectivity index (χ1) is 7.66. The van der Waals surface area contributed by atoms with E-state index >= 15 is 0 Å². The van der Waals surface area contributed by atoms with E-state index in [4.69, 9.17) is 0 Å². The number of carbonyl (C=O) groups is 1. The van der Waals surface area contributed by atoms with Crippen molar-refractivity contribution in [3.8, 4) is 0 Å². The quantitative estimate of drug-likeness (QED) is 0.548. The van der Waals surface area contributed by atoms with Crippen LogP contribution in [0.1, 0.15) is 54.1 Å². The molecule has 1 nitrogen and oxygen atoms in total. The van der Waals surface area contributed by atoms with Crippen LogP contribution in [0.2, 0.25) is 0 Å². The van der Waals surface area contributed by atoms with Crippen LogP contribution >= 0.6 is 15.9 Å². The standard InChI is InChI=1S/C14H19BrO/c1-3-4-5-6-8-12-9-7-10-13(11(12)2)14(15)16/h7,9-10H,3-6,8H2,1-2H3. The number of benzene rings is 1. The zero-order valence-corrected chi connectivity index (χ0v) is 11.6. The molecule has 0 spiro atoms. The van der Waals surface area contributed by atoms with Crippen LogP contribution in [0.15, 0.2) is 18.2 Å². The second-order valence-electron chi connectivity index (χ2n) is 4.17. The number of unbranched alkanes of at least 4 members (excludes halogenated alkanes) is 3. The summed E-state index contributed by atoms with van der Waals surface area (Å²) in [5, 5.41) is 0. The highest BCUT2D eigenvalue weighted by atomic mass is 79.9. The molecule has 0 aliphatic carbocycles. The molecule has 0 aliphatic rings. The highest BCUT2D eigenvalue weighted by Gasteiger charge is 2.08. The van der Waals surface area contributed by atoms with Gasteiger partial charge in [0.2, 0.25) is 4.69 Å². The summed E-state index contributed by atoms with van der Waals surface area (Å²) in [6.45, 7) is 4.25. The van der Waals surface area contributed by atoms with E-state index in [9.17, 15) is 4.79 Å². The van der Waals surface area contributed by atoms with Gasteiger partial charge in [-0.25, -0.2) is 0 Å². The van der Waals surface area contributed by atoms with Crippen LogP contribution in [0, 0.1) is 6.92 Å². The summed E-state index contributed by atoms with van der Waals surface area (Å²) in [4.78, 5) is 11.3. The zero-order valence-electron chi connectivity index (χ0n) is 10.1. The first-order valence-electron chi connectivity index (χ1n) is 5.95. The molecule has 1 aromatic rings. The summed E-state index contributed by atoms with van der Waals surface area (Å²) in [7, 11) is 0. The van der Waals surface area contributed by atoms with E-state index < -0.39 is 0 Å². The van der Waals surface area contributed by atoms with Gasteiger partial charge in [0.15, 0.2) is 0 Å². The van der Waals surface area contributed by atoms with Gasteiger partial charge in [-0.05, 0) is 46.8 Å². The average molecular weight is 283 g/mol. The Hall–Kier alpha value is -0.630. The van der Waals surface area contributed by atoms with Crippen LogP contribution in [-0.2, 0) is 6.42 Å². The highest BCUT2D eigenvalue weighted by Crippen LogP contribution is 2.18. The third kappa shape index (κ3) is 3.75. The summed E-state index contributed by atoms with van der Waals surface area (Å²) in [6, 6.07) is 5.97. The van der Waals surface area contributed by atoms with Crippen molar-refractivity contribution < 1.29 is 4.79 Å². The van der Waals surface area contributed by atoms with Gasteiger partial charge in [-0.3, -0.25) is 4.79 Å². The van der Waals surface area contributed by atoms with Gasteiger partial charge >= 0.3 is 0 Å². The SMILES string of the molecule is CCCCCCc1cccc(C(=O)Br)c1C. The fraction of sp³-hybridized carbons (Fsp3) is 0.500. The lowest BCUT2D eigenvalue weighted by atomic mass is 9.98. The molecular weight excluding hydrogens is 264 g/mol. The Kier molecular flexibility index (Phi) is 5.75. The average Bonchev–Trinajstić information content (AvgIpc) is 2.26. The predicted octanol–water partition coefficient (Wildman–Crippen LogP) is 4.65. The molecule has 0 saturated heterocycles. The van der Waals surface area contributed by atoms with E-state index in [1.807, 2.05) is 19.1 Å². The first-order valence-corrected chi connectivity index (χ1v) is 6.74. The van der Waals surface area contributed by atoms with E-state index in [1.54, 1.807) is 0 Å². The molecule has 0 bridgehead atoms. The molecular formula is C14H19BrO. The zero-order chi connectivity index (χ0) is 12.0. The molecule has 2 heteroatoms. The maximum absolute atomic E-state index is 11.3. The lowest BCUT2D eigenvalue weighted by molar-refractivity contribution is 0.109. The number of hydrogen-bond acceptors (Lipinski definition) is 1. The third-order valence-electron chi connectivity index (χ3n) is 2.96. The number of carbonyl (C=O) groups excluding carboxylic acids is 1. The van der Waals surface area contributed by atoms with Crippen LogP contribution in [0.3, 0.4) is 0 Å². The Labute approximate surface area is 106 Å². The molecule has 16 heavy (non-hydrogen) atoms. The lowest BCUT2D eigenvalue weighted by Crippen LogP contribution is -1.98. The van der Waals surface area contributed by atoms with Crippen molar-refractivity contribution in [3.63, 3.8) is 0 Å². The monoisotopic (exact) mass is 282 g/mol. The van der Waals surface area contributed by atoms with E-state index in [0.717, 1.165) is 17.5 Å². The second kappa shape index (κ2) is 6.85. The molecule has 0 radical (unpaired) electrons. The molecule has 0 amide bonds. The number of hydrogen-bond donors (Lipinski definition) is 0. The van der Waals surface area contributed by atoms with E-state index in [-0.39, 0.29) is 4.69 Å². The molecule has 0 saturated carbocycles. The Morgan fingerprint density at radius 3 is 2.62 bits per heavy atom. The van der Waals surface area contributed by atoms with Crippen molar-refractivity contribution in [1.29, 1.82) is 0 Å². The van der Waals surface area contributed by atoms with Gasteiger partial charge in [0, 0.05) is 5.56 Å². The van der Waals surface area contributed by atoms with Crippen molar-refractivity contribution in [3.05, 3.63) is 34.9 Å². The fourth-order valence-electron chi connectivity index (χ4n) is 1.91. The largest absolute Gasteiger partial charge is 0.281 e. The van der Waals surface area contributed by atoms with Crippen LogP contribution in [-0.4, -0.2) is 4.69 Å². The van der Waals surface area contributed by atoms with E-state index in [1.165, 1.54) is 31.2 Å². The van der Waals surface area contributed by atoms with Gasteiger partial charge in [-0.1, -0.05) is 44.4 Å². The number of halogens is 1. The van der Waals surface area contributed by atoms with Crippen molar-refractivity contribution >= 4 is 20.6 Å². The highest BCUT2D eigenvalue weighted by molar-refractivity contribution is 9.18. The smallest absolute Gasteiger partial charge is 0.228 e. The number of aryl methyl sites for hydroxylation is 1. The Morgan fingerprint density at radius 1 is 1.25 bits per heavy atom. The van der Waals surface area contributed by atoms with Crippen LogP contribution in [0.5, 0.6) is 0 Å². The normalized spacial score (nSPS) is 10.4. The maximum Gasteiger partial charge on any atom is 0.228 e. The Balaban J connectivity index is 2.66. The minimum atomic E-state index is -0.0135. The van der Waals surface area contributed by atoms with Crippen molar-refractivity contribution in [2.75, 3.05) is 0 Å². The predicted molar refractivity (Wildman–Crippen MR) is 72.3 cm³/mol. The summed E-state index contributed by atoms with van der Waals surface area (Å²) in [5.41, 5.74) is 3.23. The number of rotatable bonds is 6. The van der Waals surface area contributed by atoms with Gasteiger partial charge in [-0.2, -0.15) is 0 Å². The fourth-order valence-corrected chi connectivity index (χ4v) is 2.34. The lowest BCUT2D eigenvalue weighted by Gasteiger charge is -2.08. The first kappa shape index (κ1) is 13.4. The minimum absolute atomic E-state index is 0.0135. The maximum atomic E-state index is 11.3. The van der Waals surface area contributed by atoms with Gasteiger partial charge in [0.05, 0.1) is 0 Å². The minimum Gasteiger partial charge on any atom is -0.281 e.